The number of hydrogen-bond donors (Lipinski definition) is 1. The second-order valence-corrected chi connectivity index (χ2v) is 7.61. The van der Waals surface area contributed by atoms with E-state index in [4.69, 9.17) is 15.5 Å². The number of fused-ring (bicyclic) bond motifs is 1. The number of likely N-dealkylation sites (tertiary alicyclic amines) is 1. The molecule has 1 aromatic carbocycles. The Bertz CT molecular complexity index is 1280. The van der Waals surface area contributed by atoms with Crippen LogP contribution in [-0.2, 0) is 4.79 Å². The molecule has 0 spiro atoms. The van der Waals surface area contributed by atoms with Crippen LogP contribution in [0.4, 0.5) is 5.95 Å². The van der Waals surface area contributed by atoms with E-state index in [0.29, 0.717) is 36.5 Å². The van der Waals surface area contributed by atoms with E-state index in [-0.39, 0.29) is 11.8 Å². The molecule has 1 aliphatic heterocycles. The van der Waals surface area contributed by atoms with Gasteiger partial charge in [-0.3, -0.25) is 9.20 Å². The van der Waals surface area contributed by atoms with E-state index in [1.165, 1.54) is 6.08 Å². The third-order valence-corrected chi connectivity index (χ3v) is 5.64. The summed E-state index contributed by atoms with van der Waals surface area (Å²) < 4.78 is 7.65. The number of ether oxygens (including phenoxy) is 1. The highest BCUT2D eigenvalue weighted by molar-refractivity contribution is 5.87. The van der Waals surface area contributed by atoms with Gasteiger partial charge < -0.3 is 15.4 Å². The first-order chi connectivity index (χ1) is 15.6. The van der Waals surface area contributed by atoms with Gasteiger partial charge in [-0.15, -0.1) is 0 Å². The highest BCUT2D eigenvalue weighted by Gasteiger charge is 2.30. The molecule has 1 aliphatic rings. The van der Waals surface area contributed by atoms with E-state index >= 15 is 0 Å². The first-order valence-corrected chi connectivity index (χ1v) is 10.4. The van der Waals surface area contributed by atoms with Crippen molar-refractivity contribution in [2.45, 2.75) is 12.3 Å². The zero-order valence-electron chi connectivity index (χ0n) is 17.4. The van der Waals surface area contributed by atoms with E-state index in [2.05, 4.69) is 16.5 Å². The van der Waals surface area contributed by atoms with Gasteiger partial charge in [-0.1, -0.05) is 12.6 Å². The molecular formula is C24H22N6O2. The summed E-state index contributed by atoms with van der Waals surface area (Å²) in [6.45, 7) is 4.88. The van der Waals surface area contributed by atoms with Crippen molar-refractivity contribution in [2.24, 2.45) is 0 Å². The molecule has 1 atom stereocenters. The largest absolute Gasteiger partial charge is 0.439 e. The lowest BCUT2D eigenvalue weighted by Crippen LogP contribution is -2.26. The van der Waals surface area contributed by atoms with Crippen LogP contribution in [0.1, 0.15) is 18.0 Å². The van der Waals surface area contributed by atoms with Crippen molar-refractivity contribution >= 4 is 17.4 Å². The number of anilines is 1. The van der Waals surface area contributed by atoms with Gasteiger partial charge in [0.15, 0.2) is 0 Å². The van der Waals surface area contributed by atoms with Gasteiger partial charge in [-0.25, -0.2) is 15.0 Å². The first kappa shape index (κ1) is 19.7. The molecule has 0 saturated carbocycles. The third kappa shape index (κ3) is 3.56. The lowest BCUT2D eigenvalue weighted by Gasteiger charge is -2.13. The van der Waals surface area contributed by atoms with Crippen LogP contribution in [0, 0.1) is 0 Å². The molecule has 0 aliphatic carbocycles. The van der Waals surface area contributed by atoms with Gasteiger partial charge in [0.1, 0.15) is 11.6 Å². The Kier molecular flexibility index (Phi) is 5.03. The molecule has 8 nitrogen and oxygen atoms in total. The summed E-state index contributed by atoms with van der Waals surface area (Å²) in [5.74, 6) is 2.34. The fourth-order valence-corrected chi connectivity index (χ4v) is 4.09. The van der Waals surface area contributed by atoms with Gasteiger partial charge in [-0.2, -0.15) is 0 Å². The summed E-state index contributed by atoms with van der Waals surface area (Å²) in [5.41, 5.74) is 8.94. The standard InChI is InChI=1S/C24H22N6O2/c1-2-21(31)29-14-11-17(15-29)22-19-10-13-27-24(25)30(19)23(28-22)16-6-8-18(9-7-16)32-20-5-3-4-12-26-20/h2-10,12-13,17H,1,11,14-15H2,(H2,25,27). The lowest BCUT2D eigenvalue weighted by atomic mass is 10.0. The summed E-state index contributed by atoms with van der Waals surface area (Å²) in [7, 11) is 0. The Hall–Kier alpha value is -4.20. The van der Waals surface area contributed by atoms with Crippen LogP contribution in [0.2, 0.25) is 0 Å². The van der Waals surface area contributed by atoms with Crippen LogP contribution in [0.25, 0.3) is 16.9 Å². The minimum Gasteiger partial charge on any atom is -0.439 e. The van der Waals surface area contributed by atoms with Crippen LogP contribution in [0.15, 0.2) is 73.6 Å². The molecule has 1 amide bonds. The van der Waals surface area contributed by atoms with E-state index in [9.17, 15) is 4.79 Å². The molecule has 4 heterocycles. The minimum absolute atomic E-state index is 0.0547. The number of nitrogens with zero attached hydrogens (tertiary/aromatic N) is 5. The zero-order valence-corrected chi connectivity index (χ0v) is 17.4. The second-order valence-electron chi connectivity index (χ2n) is 7.61. The molecule has 1 saturated heterocycles. The molecule has 3 aromatic heterocycles. The van der Waals surface area contributed by atoms with Crippen molar-refractivity contribution in [2.75, 3.05) is 18.8 Å². The molecule has 32 heavy (non-hydrogen) atoms. The predicted octanol–water partition coefficient (Wildman–Crippen LogP) is 3.67. The maximum atomic E-state index is 12.0. The third-order valence-electron chi connectivity index (χ3n) is 5.64. The van der Waals surface area contributed by atoms with Gasteiger partial charge >= 0.3 is 0 Å². The summed E-state index contributed by atoms with van der Waals surface area (Å²) in [4.78, 5) is 27.2. The van der Waals surface area contributed by atoms with Gasteiger partial charge in [-0.05, 0) is 48.9 Å². The Morgan fingerprint density at radius 2 is 1.97 bits per heavy atom. The van der Waals surface area contributed by atoms with Crippen LogP contribution in [0.5, 0.6) is 11.6 Å². The molecule has 2 N–H and O–H groups in total. The maximum absolute atomic E-state index is 12.0. The summed E-state index contributed by atoms with van der Waals surface area (Å²) in [6.07, 6.45) is 5.57. The average Bonchev–Trinajstić information content (AvgIpc) is 3.46. The highest BCUT2D eigenvalue weighted by atomic mass is 16.5. The van der Waals surface area contributed by atoms with Crippen LogP contribution in [0.3, 0.4) is 0 Å². The summed E-state index contributed by atoms with van der Waals surface area (Å²) in [6, 6.07) is 15.0. The van der Waals surface area contributed by atoms with Gasteiger partial charge in [0.25, 0.3) is 0 Å². The number of benzene rings is 1. The Labute approximate surface area is 185 Å². The predicted molar refractivity (Wildman–Crippen MR) is 121 cm³/mol. The van der Waals surface area contributed by atoms with Crippen LogP contribution < -0.4 is 10.5 Å². The lowest BCUT2D eigenvalue weighted by molar-refractivity contribution is -0.125. The number of carbonyl (C=O) groups excluding carboxylic acids is 1. The number of nitrogens with two attached hydrogens (primary N) is 1. The quantitative estimate of drug-likeness (QED) is 0.489. The maximum Gasteiger partial charge on any atom is 0.245 e. The summed E-state index contributed by atoms with van der Waals surface area (Å²) in [5, 5.41) is 0. The van der Waals surface area contributed by atoms with Gasteiger partial charge in [0.05, 0.1) is 11.2 Å². The topological polar surface area (TPSA) is 98.6 Å². The Morgan fingerprint density at radius 1 is 1.12 bits per heavy atom. The smallest absolute Gasteiger partial charge is 0.245 e. The fourth-order valence-electron chi connectivity index (χ4n) is 4.09. The highest BCUT2D eigenvalue weighted by Crippen LogP contribution is 2.34. The number of carbonyl (C=O) groups is 1. The molecule has 160 valence electrons. The minimum atomic E-state index is -0.0547. The van der Waals surface area contributed by atoms with Crippen LogP contribution >= 0.6 is 0 Å². The number of aromatic nitrogens is 4. The number of nitrogen functional groups attached to an aromatic ring is 1. The number of amides is 1. The zero-order chi connectivity index (χ0) is 22.1. The van der Waals surface area contributed by atoms with E-state index in [1.807, 2.05) is 46.9 Å². The van der Waals surface area contributed by atoms with Crippen molar-refractivity contribution in [3.8, 4) is 23.0 Å². The molecule has 5 rings (SSSR count). The van der Waals surface area contributed by atoms with Crippen LogP contribution in [-0.4, -0.2) is 43.2 Å². The van der Waals surface area contributed by atoms with Crippen molar-refractivity contribution in [1.82, 2.24) is 24.3 Å². The molecular weight excluding hydrogens is 404 g/mol. The average molecular weight is 426 g/mol. The Balaban J connectivity index is 1.49. The number of pyridine rings is 1. The van der Waals surface area contributed by atoms with Crippen molar-refractivity contribution in [3.05, 3.63) is 79.3 Å². The molecule has 0 radical (unpaired) electrons. The monoisotopic (exact) mass is 426 g/mol. The molecule has 4 aromatic rings. The van der Waals surface area contributed by atoms with Crippen molar-refractivity contribution in [1.29, 1.82) is 0 Å². The summed E-state index contributed by atoms with van der Waals surface area (Å²) >= 11 is 0. The first-order valence-electron chi connectivity index (χ1n) is 10.4. The van der Waals surface area contributed by atoms with Crippen molar-refractivity contribution < 1.29 is 9.53 Å². The normalized spacial score (nSPS) is 15.8. The van der Waals surface area contributed by atoms with Crippen molar-refractivity contribution in [3.63, 3.8) is 0 Å². The Morgan fingerprint density at radius 3 is 2.72 bits per heavy atom. The number of hydrogen-bond acceptors (Lipinski definition) is 6. The van der Waals surface area contributed by atoms with E-state index < -0.39 is 0 Å². The van der Waals surface area contributed by atoms with E-state index in [0.717, 1.165) is 23.2 Å². The second kappa shape index (κ2) is 8.14. The van der Waals surface area contributed by atoms with E-state index in [1.54, 1.807) is 23.4 Å². The number of rotatable bonds is 5. The fraction of sp³-hybridized carbons (Fsp3) is 0.167. The van der Waals surface area contributed by atoms with Gasteiger partial charge in [0.2, 0.25) is 17.7 Å². The molecule has 0 bridgehead atoms. The molecule has 8 heteroatoms. The molecule has 1 fully saturated rings. The molecule has 1 unspecified atom stereocenters. The van der Waals surface area contributed by atoms with Gasteiger partial charge in [0, 0.05) is 43.0 Å². The number of imidazole rings is 1. The SMILES string of the molecule is C=CC(=O)N1CCC(c2nc(-c3ccc(Oc4ccccn4)cc3)n3c(N)nccc23)C1.